The molecule has 0 radical (unpaired) electrons. The lowest BCUT2D eigenvalue weighted by Gasteiger charge is -2.17. The van der Waals surface area contributed by atoms with Crippen LogP contribution >= 0.6 is 15.9 Å². The molecular formula is C17H13BrO. The number of Topliss-reactive ketones (excluding diaryl/α,β-unsaturated/α-hetero) is 1. The topological polar surface area (TPSA) is 17.1 Å². The van der Waals surface area contributed by atoms with Crippen LogP contribution in [0.25, 0.3) is 11.6 Å². The summed E-state index contributed by atoms with van der Waals surface area (Å²) < 4.78 is 1.05. The van der Waals surface area contributed by atoms with Crippen LogP contribution in [-0.4, -0.2) is 5.78 Å². The highest BCUT2D eigenvalue weighted by Crippen LogP contribution is 2.29. The molecule has 2 aromatic rings. The number of ketones is 1. The summed E-state index contributed by atoms with van der Waals surface area (Å²) in [4.78, 5) is 12.2. The summed E-state index contributed by atoms with van der Waals surface area (Å²) in [5.74, 6) is 0.238. The fraction of sp³-hybridized carbons (Fsp3) is 0.118. The van der Waals surface area contributed by atoms with Gasteiger partial charge in [0.1, 0.15) is 0 Å². The van der Waals surface area contributed by atoms with Crippen molar-refractivity contribution in [1.82, 2.24) is 0 Å². The quantitative estimate of drug-likeness (QED) is 0.708. The first-order chi connectivity index (χ1) is 9.24. The molecule has 0 saturated heterocycles. The summed E-state index contributed by atoms with van der Waals surface area (Å²) in [6.45, 7) is 0. The fourth-order valence-corrected chi connectivity index (χ4v) is 2.68. The Hall–Kier alpha value is -1.67. The average molecular weight is 313 g/mol. The van der Waals surface area contributed by atoms with E-state index in [0.29, 0.717) is 6.42 Å². The lowest BCUT2D eigenvalue weighted by atomic mass is 9.85. The minimum atomic E-state index is 0.238. The number of carbonyl (C=O) groups is 1. The fourth-order valence-electron chi connectivity index (χ4n) is 2.42. The zero-order valence-electron chi connectivity index (χ0n) is 10.4. The van der Waals surface area contributed by atoms with Gasteiger partial charge in [0.05, 0.1) is 0 Å². The van der Waals surface area contributed by atoms with E-state index in [9.17, 15) is 4.79 Å². The normalized spacial score (nSPS) is 16.5. The van der Waals surface area contributed by atoms with Crippen molar-refractivity contribution in [2.24, 2.45) is 0 Å². The molecule has 1 aliphatic carbocycles. The highest BCUT2D eigenvalue weighted by Gasteiger charge is 2.20. The third-order valence-electron chi connectivity index (χ3n) is 3.41. The molecule has 0 bridgehead atoms. The number of aryl methyl sites for hydroxylation is 1. The summed E-state index contributed by atoms with van der Waals surface area (Å²) in [5, 5.41) is 0. The number of rotatable bonds is 1. The Morgan fingerprint density at radius 2 is 1.68 bits per heavy atom. The molecule has 0 atom stereocenters. The largest absolute Gasteiger partial charge is 0.294 e. The van der Waals surface area contributed by atoms with Crippen LogP contribution in [0.2, 0.25) is 0 Å². The van der Waals surface area contributed by atoms with Crippen LogP contribution in [0.1, 0.15) is 23.1 Å². The zero-order chi connectivity index (χ0) is 13.2. The van der Waals surface area contributed by atoms with Gasteiger partial charge in [0.25, 0.3) is 0 Å². The molecule has 94 valence electrons. The molecule has 3 rings (SSSR count). The maximum atomic E-state index is 12.2. The maximum absolute atomic E-state index is 12.2. The number of allylic oxidation sites excluding steroid dienone is 1. The number of halogens is 1. The van der Waals surface area contributed by atoms with Gasteiger partial charge in [-0.2, -0.15) is 0 Å². The highest BCUT2D eigenvalue weighted by molar-refractivity contribution is 9.10. The van der Waals surface area contributed by atoms with Crippen molar-refractivity contribution in [2.75, 3.05) is 0 Å². The van der Waals surface area contributed by atoms with E-state index >= 15 is 0 Å². The molecule has 0 fully saturated rings. The molecule has 0 unspecified atom stereocenters. The van der Waals surface area contributed by atoms with Crippen LogP contribution in [0.15, 0.2) is 53.0 Å². The minimum absolute atomic E-state index is 0.238. The van der Waals surface area contributed by atoms with E-state index in [-0.39, 0.29) is 5.78 Å². The summed E-state index contributed by atoms with van der Waals surface area (Å²) in [7, 11) is 0. The van der Waals surface area contributed by atoms with Gasteiger partial charge >= 0.3 is 0 Å². The van der Waals surface area contributed by atoms with Gasteiger partial charge in [-0.3, -0.25) is 4.79 Å². The predicted molar refractivity (Wildman–Crippen MR) is 81.8 cm³/mol. The lowest BCUT2D eigenvalue weighted by molar-refractivity contribution is -0.113. The first-order valence-electron chi connectivity index (χ1n) is 6.33. The molecule has 0 aliphatic heterocycles. The van der Waals surface area contributed by atoms with Gasteiger partial charge in [-0.05, 0) is 41.3 Å². The minimum Gasteiger partial charge on any atom is -0.294 e. The summed E-state index contributed by atoms with van der Waals surface area (Å²) in [6.07, 6.45) is 3.46. The molecular weight excluding hydrogens is 300 g/mol. The molecule has 2 aromatic carbocycles. The van der Waals surface area contributed by atoms with Crippen molar-refractivity contribution in [3.8, 4) is 0 Å². The van der Waals surface area contributed by atoms with E-state index in [1.807, 2.05) is 48.5 Å². The van der Waals surface area contributed by atoms with E-state index in [0.717, 1.165) is 27.6 Å². The van der Waals surface area contributed by atoms with Gasteiger partial charge < -0.3 is 0 Å². The Morgan fingerprint density at radius 1 is 0.947 bits per heavy atom. The third kappa shape index (κ3) is 2.54. The first kappa shape index (κ1) is 12.4. The van der Waals surface area contributed by atoms with Crippen LogP contribution in [-0.2, 0) is 11.2 Å². The van der Waals surface area contributed by atoms with Gasteiger partial charge in [0, 0.05) is 16.5 Å². The summed E-state index contributed by atoms with van der Waals surface area (Å²) in [5.41, 5.74) is 4.25. The monoisotopic (exact) mass is 312 g/mol. The highest BCUT2D eigenvalue weighted by atomic mass is 79.9. The average Bonchev–Trinajstić information content (AvgIpc) is 2.44. The molecule has 1 aliphatic rings. The second-order valence-corrected chi connectivity index (χ2v) is 5.61. The van der Waals surface area contributed by atoms with Crippen LogP contribution in [0, 0.1) is 0 Å². The van der Waals surface area contributed by atoms with Gasteiger partial charge in [-0.1, -0.05) is 52.3 Å². The van der Waals surface area contributed by atoms with Gasteiger partial charge in [-0.15, -0.1) is 0 Å². The van der Waals surface area contributed by atoms with Crippen LogP contribution < -0.4 is 0 Å². The van der Waals surface area contributed by atoms with Crippen molar-refractivity contribution in [1.29, 1.82) is 0 Å². The standard InChI is InChI=1S/C17H13BrO/c18-14-8-5-12(6-9-14)11-16-15-4-2-1-3-13(15)7-10-17(16)19/h1-6,8-9,11H,7,10H2. The van der Waals surface area contributed by atoms with Crippen molar-refractivity contribution in [2.45, 2.75) is 12.8 Å². The van der Waals surface area contributed by atoms with Crippen molar-refractivity contribution < 1.29 is 4.79 Å². The van der Waals surface area contributed by atoms with E-state index in [4.69, 9.17) is 0 Å². The van der Waals surface area contributed by atoms with Crippen molar-refractivity contribution >= 4 is 33.4 Å². The van der Waals surface area contributed by atoms with Crippen LogP contribution in [0.4, 0.5) is 0 Å². The van der Waals surface area contributed by atoms with Gasteiger partial charge in [0.2, 0.25) is 0 Å². The van der Waals surface area contributed by atoms with Gasteiger partial charge in [0.15, 0.2) is 5.78 Å². The molecule has 0 spiro atoms. The van der Waals surface area contributed by atoms with E-state index in [1.165, 1.54) is 5.56 Å². The Balaban J connectivity index is 2.08. The predicted octanol–water partition coefficient (Wildman–Crippen LogP) is 4.51. The zero-order valence-corrected chi connectivity index (χ0v) is 12.0. The molecule has 19 heavy (non-hydrogen) atoms. The second kappa shape index (κ2) is 5.14. The molecule has 0 saturated carbocycles. The Morgan fingerprint density at radius 3 is 2.47 bits per heavy atom. The maximum Gasteiger partial charge on any atom is 0.163 e. The van der Waals surface area contributed by atoms with Crippen molar-refractivity contribution in [3.63, 3.8) is 0 Å². The van der Waals surface area contributed by atoms with Crippen LogP contribution in [0.5, 0.6) is 0 Å². The Kier molecular flexibility index (Phi) is 3.34. The number of hydrogen-bond donors (Lipinski definition) is 0. The van der Waals surface area contributed by atoms with Crippen molar-refractivity contribution in [3.05, 3.63) is 69.7 Å². The summed E-state index contributed by atoms with van der Waals surface area (Å²) >= 11 is 3.42. The Labute approximate surface area is 121 Å². The molecule has 0 heterocycles. The van der Waals surface area contributed by atoms with E-state index in [2.05, 4.69) is 22.0 Å². The lowest BCUT2D eigenvalue weighted by Crippen LogP contribution is -2.12. The molecule has 2 heteroatoms. The number of carbonyl (C=O) groups excluding carboxylic acids is 1. The van der Waals surface area contributed by atoms with Gasteiger partial charge in [-0.25, -0.2) is 0 Å². The smallest absolute Gasteiger partial charge is 0.163 e. The van der Waals surface area contributed by atoms with Crippen LogP contribution in [0.3, 0.4) is 0 Å². The Bertz CT molecular complexity index is 653. The molecule has 0 aromatic heterocycles. The second-order valence-electron chi connectivity index (χ2n) is 4.69. The third-order valence-corrected chi connectivity index (χ3v) is 3.94. The van der Waals surface area contributed by atoms with E-state index in [1.54, 1.807) is 0 Å². The number of hydrogen-bond acceptors (Lipinski definition) is 1. The molecule has 0 amide bonds. The summed E-state index contributed by atoms with van der Waals surface area (Å²) in [6, 6.07) is 16.2. The molecule has 0 N–H and O–H groups in total. The van der Waals surface area contributed by atoms with E-state index < -0.39 is 0 Å². The number of benzene rings is 2. The number of fused-ring (bicyclic) bond motifs is 1. The molecule has 1 nitrogen and oxygen atoms in total. The first-order valence-corrected chi connectivity index (χ1v) is 7.12. The SMILES string of the molecule is O=C1CCc2ccccc2C1=Cc1ccc(Br)cc1.